The van der Waals surface area contributed by atoms with E-state index in [2.05, 4.69) is 9.99 Å². The number of rotatable bonds is 1. The molecule has 0 N–H and O–H groups in total. The fourth-order valence-electron chi connectivity index (χ4n) is 3.31. The molecule has 18 heavy (non-hydrogen) atoms. The van der Waals surface area contributed by atoms with Crippen LogP contribution in [0.5, 0.6) is 0 Å². The van der Waals surface area contributed by atoms with E-state index in [1.807, 2.05) is 31.2 Å². The molecule has 2 aliphatic rings. The maximum absolute atomic E-state index is 12.5. The highest BCUT2D eigenvalue weighted by atomic mass is 16.1. The summed E-state index contributed by atoms with van der Waals surface area (Å²) in [5.41, 5.74) is 0.871. The summed E-state index contributed by atoms with van der Waals surface area (Å²) in [5, 5.41) is 2.92. The summed E-state index contributed by atoms with van der Waals surface area (Å²) in [6.07, 6.45) is 3.72. The zero-order chi connectivity index (χ0) is 12.3. The molecule has 4 rings (SSSR count). The lowest BCUT2D eigenvalue weighted by Crippen LogP contribution is -2.34. The summed E-state index contributed by atoms with van der Waals surface area (Å²) in [6.45, 7) is 1.92. The molecule has 4 heteroatoms. The molecule has 2 atom stereocenters. The van der Waals surface area contributed by atoms with Crippen LogP contribution < -0.4 is 10.6 Å². The molecule has 1 aliphatic carbocycles. The number of hydrogen-bond donors (Lipinski definition) is 0. The second-order valence-corrected chi connectivity index (χ2v) is 5.24. The number of hydrogen-bond acceptors (Lipinski definition) is 3. The van der Waals surface area contributed by atoms with Crippen LogP contribution >= 0.6 is 0 Å². The molecule has 2 aromatic rings. The third kappa shape index (κ3) is 1.20. The van der Waals surface area contributed by atoms with Gasteiger partial charge in [0.05, 0.1) is 23.0 Å². The van der Waals surface area contributed by atoms with Gasteiger partial charge in [0.1, 0.15) is 5.82 Å². The van der Waals surface area contributed by atoms with Crippen molar-refractivity contribution in [3.63, 3.8) is 0 Å². The third-order valence-electron chi connectivity index (χ3n) is 4.18. The van der Waals surface area contributed by atoms with Crippen molar-refractivity contribution in [2.75, 3.05) is 5.01 Å². The van der Waals surface area contributed by atoms with Gasteiger partial charge in [-0.05, 0) is 38.3 Å². The van der Waals surface area contributed by atoms with Gasteiger partial charge in [0, 0.05) is 0 Å². The number of aromatic nitrogens is 2. The van der Waals surface area contributed by atoms with Crippen LogP contribution in [0.2, 0.25) is 0 Å². The smallest absolute Gasteiger partial charge is 0.280 e. The van der Waals surface area contributed by atoms with E-state index in [1.54, 1.807) is 4.68 Å². The van der Waals surface area contributed by atoms with Crippen LogP contribution in [0.1, 0.15) is 25.1 Å². The lowest BCUT2D eigenvalue weighted by Gasteiger charge is -2.15. The minimum atomic E-state index is 0.0764. The predicted octanol–water partition coefficient (Wildman–Crippen LogP) is 1.58. The topological polar surface area (TPSA) is 37.9 Å². The summed E-state index contributed by atoms with van der Waals surface area (Å²) < 4.78 is 1.79. The van der Waals surface area contributed by atoms with Crippen molar-refractivity contribution in [2.24, 2.45) is 0 Å². The van der Waals surface area contributed by atoms with Crippen LogP contribution in [-0.4, -0.2) is 21.7 Å². The molecule has 0 radical (unpaired) electrons. The molecule has 2 heterocycles. The molecular formula is C14H15N3O. The van der Waals surface area contributed by atoms with Crippen molar-refractivity contribution in [3.05, 3.63) is 40.4 Å². The molecule has 0 unspecified atom stereocenters. The molecule has 0 spiro atoms. The van der Waals surface area contributed by atoms with E-state index in [1.165, 1.54) is 19.3 Å². The average molecular weight is 241 g/mol. The predicted molar refractivity (Wildman–Crippen MR) is 70.4 cm³/mol. The normalized spacial score (nSPS) is 25.5. The summed E-state index contributed by atoms with van der Waals surface area (Å²) in [5.74, 6) is 0.799. The van der Waals surface area contributed by atoms with Crippen LogP contribution in [0.25, 0.3) is 10.9 Å². The lowest BCUT2D eigenvalue weighted by molar-refractivity contribution is 0.627. The molecule has 0 bridgehead atoms. The first-order valence-corrected chi connectivity index (χ1v) is 6.54. The Kier molecular flexibility index (Phi) is 1.88. The van der Waals surface area contributed by atoms with Gasteiger partial charge in [0.2, 0.25) is 0 Å². The van der Waals surface area contributed by atoms with Crippen LogP contribution in [0.3, 0.4) is 0 Å². The fraction of sp³-hybridized carbons (Fsp3) is 0.429. The molecule has 2 fully saturated rings. The van der Waals surface area contributed by atoms with E-state index in [9.17, 15) is 4.79 Å². The van der Waals surface area contributed by atoms with Gasteiger partial charge in [-0.1, -0.05) is 12.1 Å². The van der Waals surface area contributed by atoms with Gasteiger partial charge < -0.3 is 0 Å². The largest absolute Gasteiger partial charge is 0.298 e. The SMILES string of the molecule is Cc1nc2ccccc2c(=O)n1N1[C@H]2CCC[C@@H]21. The van der Waals surface area contributed by atoms with Gasteiger partial charge >= 0.3 is 0 Å². The number of benzene rings is 1. The van der Waals surface area contributed by atoms with Gasteiger partial charge in [0.15, 0.2) is 0 Å². The Bertz CT molecular complexity index is 681. The lowest BCUT2D eigenvalue weighted by atomic mass is 10.2. The number of piperidine rings is 1. The van der Waals surface area contributed by atoms with Crippen LogP contribution in [0.4, 0.5) is 0 Å². The second kappa shape index (κ2) is 3.34. The van der Waals surface area contributed by atoms with Crippen LogP contribution in [0, 0.1) is 6.92 Å². The van der Waals surface area contributed by atoms with Gasteiger partial charge in [-0.2, -0.15) is 0 Å². The highest BCUT2D eigenvalue weighted by molar-refractivity contribution is 5.77. The van der Waals surface area contributed by atoms with Crippen molar-refractivity contribution < 1.29 is 0 Å². The Labute approximate surface area is 105 Å². The highest BCUT2D eigenvalue weighted by Crippen LogP contribution is 2.40. The first-order valence-electron chi connectivity index (χ1n) is 6.54. The first-order chi connectivity index (χ1) is 8.77. The Morgan fingerprint density at radius 2 is 1.94 bits per heavy atom. The average Bonchev–Trinajstić information content (AvgIpc) is 2.84. The van der Waals surface area contributed by atoms with Crippen LogP contribution in [0.15, 0.2) is 29.1 Å². The van der Waals surface area contributed by atoms with E-state index in [0.29, 0.717) is 17.5 Å². The van der Waals surface area contributed by atoms with Crippen LogP contribution in [-0.2, 0) is 0 Å². The van der Waals surface area contributed by atoms with Gasteiger partial charge in [-0.15, -0.1) is 0 Å². The molecule has 0 amide bonds. The fourth-order valence-corrected chi connectivity index (χ4v) is 3.31. The summed E-state index contributed by atoms with van der Waals surface area (Å²) in [4.78, 5) is 17.1. The van der Waals surface area contributed by atoms with Crippen molar-refractivity contribution in [3.8, 4) is 0 Å². The second-order valence-electron chi connectivity index (χ2n) is 5.24. The molecule has 1 saturated heterocycles. The Balaban J connectivity index is 1.93. The number of para-hydroxylation sites is 1. The maximum Gasteiger partial charge on any atom is 0.280 e. The number of aryl methyl sites for hydroxylation is 1. The van der Waals surface area contributed by atoms with Gasteiger partial charge in [-0.25, -0.2) is 9.66 Å². The van der Waals surface area contributed by atoms with E-state index in [-0.39, 0.29) is 5.56 Å². The molecule has 4 nitrogen and oxygen atoms in total. The monoisotopic (exact) mass is 241 g/mol. The molecule has 1 aromatic heterocycles. The van der Waals surface area contributed by atoms with E-state index < -0.39 is 0 Å². The Morgan fingerprint density at radius 1 is 1.22 bits per heavy atom. The minimum absolute atomic E-state index is 0.0764. The van der Waals surface area contributed by atoms with E-state index in [4.69, 9.17) is 0 Å². The third-order valence-corrected chi connectivity index (χ3v) is 4.18. The van der Waals surface area contributed by atoms with Gasteiger partial charge in [0.25, 0.3) is 5.56 Å². The van der Waals surface area contributed by atoms with Gasteiger partial charge in [-0.3, -0.25) is 9.80 Å². The summed E-state index contributed by atoms with van der Waals surface area (Å²) in [7, 11) is 0. The van der Waals surface area contributed by atoms with E-state index in [0.717, 1.165) is 11.3 Å². The molecule has 92 valence electrons. The Hall–Kier alpha value is -1.84. The maximum atomic E-state index is 12.5. The summed E-state index contributed by atoms with van der Waals surface area (Å²) >= 11 is 0. The molecule has 1 aliphatic heterocycles. The zero-order valence-corrected chi connectivity index (χ0v) is 10.3. The number of fused-ring (bicyclic) bond motifs is 2. The molecule has 1 aromatic carbocycles. The highest BCUT2D eigenvalue weighted by Gasteiger charge is 2.52. The molecular weight excluding hydrogens is 226 g/mol. The van der Waals surface area contributed by atoms with Crippen molar-refractivity contribution in [1.29, 1.82) is 0 Å². The minimum Gasteiger partial charge on any atom is -0.298 e. The standard InChI is InChI=1S/C14H15N3O/c1-9-15-11-6-3-2-5-10(11)14(18)16(9)17-12-7-4-8-13(12)17/h2-3,5-6,12-13H,4,7-8H2,1H3/t12-,13-/m0/s1. The zero-order valence-electron chi connectivity index (χ0n) is 10.3. The Morgan fingerprint density at radius 3 is 2.72 bits per heavy atom. The van der Waals surface area contributed by atoms with E-state index >= 15 is 0 Å². The molecule has 1 saturated carbocycles. The van der Waals surface area contributed by atoms with Crippen molar-refractivity contribution >= 4 is 10.9 Å². The summed E-state index contributed by atoms with van der Waals surface area (Å²) in [6, 6.07) is 8.73. The van der Waals surface area contributed by atoms with Crippen molar-refractivity contribution in [2.45, 2.75) is 38.3 Å². The first kappa shape index (κ1) is 10.1. The van der Waals surface area contributed by atoms with Crippen molar-refractivity contribution in [1.82, 2.24) is 9.66 Å². The quantitative estimate of drug-likeness (QED) is 0.711. The number of nitrogens with zero attached hydrogens (tertiary/aromatic N) is 3.